The van der Waals surface area contributed by atoms with Crippen molar-refractivity contribution in [1.82, 2.24) is 14.9 Å². The number of carbonyl (C=O) groups is 1. The second-order valence-electron chi connectivity index (χ2n) is 7.27. The van der Waals surface area contributed by atoms with E-state index in [-0.39, 0.29) is 12.0 Å². The van der Waals surface area contributed by atoms with Gasteiger partial charge in [-0.05, 0) is 55.5 Å². The first-order chi connectivity index (χ1) is 12.6. The topological polar surface area (TPSA) is 56.2 Å². The minimum Gasteiger partial charge on any atom is -0.483 e. The molecule has 5 rings (SSSR count). The van der Waals surface area contributed by atoms with Gasteiger partial charge in [0.2, 0.25) is 0 Å². The molecule has 3 aromatic rings. The van der Waals surface area contributed by atoms with Crippen LogP contribution in [-0.2, 0) is 13.5 Å². The maximum atomic E-state index is 12.8. The lowest BCUT2D eigenvalue weighted by atomic mass is 9.93. The SMILES string of the molecule is Cc1nc2c3c(c(C(=O)NC4CC4)cc2n1C)CC[C@@H](c1ccsc1)O3. The molecule has 1 saturated carbocycles. The second-order valence-corrected chi connectivity index (χ2v) is 8.05. The summed E-state index contributed by atoms with van der Waals surface area (Å²) in [4.78, 5) is 17.6. The number of benzene rings is 1. The minimum atomic E-state index is 0.0158. The van der Waals surface area contributed by atoms with Crippen LogP contribution in [0, 0.1) is 6.92 Å². The summed E-state index contributed by atoms with van der Waals surface area (Å²) in [5.41, 5.74) is 4.76. The third kappa shape index (κ3) is 2.51. The summed E-state index contributed by atoms with van der Waals surface area (Å²) in [6, 6.07) is 4.44. The van der Waals surface area contributed by atoms with E-state index < -0.39 is 0 Å². The molecule has 1 amide bonds. The Morgan fingerprint density at radius 1 is 1.38 bits per heavy atom. The molecule has 2 aromatic heterocycles. The third-order valence-electron chi connectivity index (χ3n) is 5.45. The van der Waals surface area contributed by atoms with Crippen molar-refractivity contribution in [2.24, 2.45) is 7.05 Å². The standard InChI is InChI=1S/C20H21N3O2S/c1-11-21-18-16(23(11)2)9-15(20(24)22-13-3-4-13)14-5-6-17(25-19(14)18)12-7-8-26-10-12/h7-10,13,17H,3-6H2,1-2H3,(H,22,24)/t17-/m0/s1. The van der Waals surface area contributed by atoms with E-state index in [1.807, 2.05) is 24.6 Å². The van der Waals surface area contributed by atoms with Crippen LogP contribution in [0.2, 0.25) is 0 Å². The molecule has 5 nitrogen and oxygen atoms in total. The number of amides is 1. The van der Waals surface area contributed by atoms with E-state index in [0.717, 1.165) is 59.4 Å². The summed E-state index contributed by atoms with van der Waals surface area (Å²) in [5, 5.41) is 7.34. The smallest absolute Gasteiger partial charge is 0.251 e. The van der Waals surface area contributed by atoms with Crippen molar-refractivity contribution in [3.63, 3.8) is 0 Å². The normalized spacial score (nSPS) is 19.2. The third-order valence-corrected chi connectivity index (χ3v) is 6.15. The molecule has 134 valence electrons. The van der Waals surface area contributed by atoms with Crippen molar-refractivity contribution >= 4 is 28.3 Å². The zero-order chi connectivity index (χ0) is 17.8. The number of aromatic nitrogens is 2. The first-order valence-electron chi connectivity index (χ1n) is 9.10. The summed E-state index contributed by atoms with van der Waals surface area (Å²) in [6.07, 6.45) is 3.90. The predicted molar refractivity (Wildman–Crippen MR) is 102 cm³/mol. The highest BCUT2D eigenvalue weighted by Gasteiger charge is 2.31. The van der Waals surface area contributed by atoms with Gasteiger partial charge in [-0.25, -0.2) is 4.98 Å². The number of rotatable bonds is 3. The first kappa shape index (κ1) is 15.9. The van der Waals surface area contributed by atoms with Gasteiger partial charge in [0.1, 0.15) is 17.4 Å². The van der Waals surface area contributed by atoms with Gasteiger partial charge in [0.05, 0.1) is 5.52 Å². The van der Waals surface area contributed by atoms with Crippen LogP contribution < -0.4 is 10.1 Å². The average Bonchev–Trinajstić information content (AvgIpc) is 3.18. The van der Waals surface area contributed by atoms with E-state index in [9.17, 15) is 4.79 Å². The molecule has 0 radical (unpaired) electrons. The highest BCUT2D eigenvalue weighted by molar-refractivity contribution is 7.07. The Bertz CT molecular complexity index is 1000. The summed E-state index contributed by atoms with van der Waals surface area (Å²) >= 11 is 1.68. The lowest BCUT2D eigenvalue weighted by molar-refractivity contribution is 0.0947. The number of thiophene rings is 1. The average molecular weight is 367 g/mol. The van der Waals surface area contributed by atoms with Gasteiger partial charge < -0.3 is 14.6 Å². The molecule has 0 unspecified atom stereocenters. The molecule has 3 heterocycles. The van der Waals surface area contributed by atoms with Crippen LogP contribution in [0.4, 0.5) is 0 Å². The Morgan fingerprint density at radius 2 is 2.23 bits per heavy atom. The molecule has 1 aliphatic heterocycles. The molecular weight excluding hydrogens is 346 g/mol. The molecular formula is C20H21N3O2S. The fourth-order valence-electron chi connectivity index (χ4n) is 3.69. The van der Waals surface area contributed by atoms with Gasteiger partial charge in [-0.3, -0.25) is 4.79 Å². The van der Waals surface area contributed by atoms with Gasteiger partial charge in [0.15, 0.2) is 5.75 Å². The highest BCUT2D eigenvalue weighted by atomic mass is 32.1. The van der Waals surface area contributed by atoms with Crippen LogP contribution in [0.1, 0.15) is 52.7 Å². The van der Waals surface area contributed by atoms with Crippen LogP contribution in [0.3, 0.4) is 0 Å². The number of hydrogen-bond donors (Lipinski definition) is 1. The largest absolute Gasteiger partial charge is 0.483 e. The molecule has 0 saturated heterocycles. The molecule has 1 aliphatic carbocycles. The lowest BCUT2D eigenvalue weighted by Crippen LogP contribution is -2.28. The second kappa shape index (κ2) is 5.84. The van der Waals surface area contributed by atoms with Gasteiger partial charge >= 0.3 is 0 Å². The lowest BCUT2D eigenvalue weighted by Gasteiger charge is -2.27. The number of nitrogens with one attached hydrogen (secondary N) is 1. The van der Waals surface area contributed by atoms with E-state index in [1.165, 1.54) is 5.56 Å². The Balaban J connectivity index is 1.65. The number of hydrogen-bond acceptors (Lipinski definition) is 4. The van der Waals surface area contributed by atoms with E-state index >= 15 is 0 Å². The Kier molecular flexibility index (Phi) is 3.57. The van der Waals surface area contributed by atoms with Crippen molar-refractivity contribution in [2.75, 3.05) is 0 Å². The molecule has 0 bridgehead atoms. The molecule has 1 N–H and O–H groups in total. The van der Waals surface area contributed by atoms with E-state index in [2.05, 4.69) is 22.1 Å². The monoisotopic (exact) mass is 367 g/mol. The van der Waals surface area contributed by atoms with Crippen LogP contribution in [0.15, 0.2) is 22.9 Å². The zero-order valence-corrected chi connectivity index (χ0v) is 15.7. The number of imidazole rings is 1. The zero-order valence-electron chi connectivity index (χ0n) is 14.9. The number of aryl methyl sites for hydroxylation is 2. The van der Waals surface area contributed by atoms with E-state index in [1.54, 1.807) is 11.3 Å². The Labute approximate surface area is 156 Å². The highest BCUT2D eigenvalue weighted by Crippen LogP contribution is 2.42. The quantitative estimate of drug-likeness (QED) is 0.764. The van der Waals surface area contributed by atoms with Crippen molar-refractivity contribution in [3.05, 3.63) is 45.4 Å². The van der Waals surface area contributed by atoms with E-state index in [4.69, 9.17) is 9.72 Å². The van der Waals surface area contributed by atoms with Gasteiger partial charge in [0, 0.05) is 29.8 Å². The Hall–Kier alpha value is -2.34. The van der Waals surface area contributed by atoms with Crippen LogP contribution in [0.5, 0.6) is 5.75 Å². The number of fused-ring (bicyclic) bond motifs is 3. The fourth-order valence-corrected chi connectivity index (χ4v) is 4.39. The van der Waals surface area contributed by atoms with Crippen molar-refractivity contribution in [2.45, 2.75) is 44.8 Å². The predicted octanol–water partition coefficient (Wildman–Crippen LogP) is 3.90. The molecule has 1 aromatic carbocycles. The van der Waals surface area contributed by atoms with Crippen molar-refractivity contribution in [1.29, 1.82) is 0 Å². The van der Waals surface area contributed by atoms with Crippen LogP contribution in [-0.4, -0.2) is 21.5 Å². The Morgan fingerprint density at radius 3 is 2.96 bits per heavy atom. The molecule has 2 aliphatic rings. The molecule has 1 fully saturated rings. The number of ether oxygens (including phenoxy) is 1. The molecule has 1 atom stereocenters. The number of nitrogens with zero attached hydrogens (tertiary/aromatic N) is 2. The van der Waals surface area contributed by atoms with E-state index in [0.29, 0.717) is 6.04 Å². The summed E-state index contributed by atoms with van der Waals surface area (Å²) in [6.45, 7) is 1.98. The van der Waals surface area contributed by atoms with Crippen molar-refractivity contribution in [3.8, 4) is 5.75 Å². The van der Waals surface area contributed by atoms with Gasteiger partial charge in [-0.15, -0.1) is 0 Å². The maximum Gasteiger partial charge on any atom is 0.251 e. The summed E-state index contributed by atoms with van der Waals surface area (Å²) < 4.78 is 8.45. The van der Waals surface area contributed by atoms with Gasteiger partial charge in [0.25, 0.3) is 5.91 Å². The molecule has 26 heavy (non-hydrogen) atoms. The van der Waals surface area contributed by atoms with Crippen LogP contribution >= 0.6 is 11.3 Å². The fraction of sp³-hybridized carbons (Fsp3) is 0.400. The van der Waals surface area contributed by atoms with Gasteiger partial charge in [-0.2, -0.15) is 11.3 Å². The van der Waals surface area contributed by atoms with Crippen molar-refractivity contribution < 1.29 is 9.53 Å². The first-order valence-corrected chi connectivity index (χ1v) is 10.0. The summed E-state index contributed by atoms with van der Waals surface area (Å²) in [7, 11) is 1.98. The van der Waals surface area contributed by atoms with Gasteiger partial charge in [-0.1, -0.05) is 0 Å². The molecule has 0 spiro atoms. The van der Waals surface area contributed by atoms with Crippen LogP contribution in [0.25, 0.3) is 11.0 Å². The maximum absolute atomic E-state index is 12.8. The minimum absolute atomic E-state index is 0.0158. The molecule has 6 heteroatoms. The number of carbonyl (C=O) groups excluding carboxylic acids is 1. The summed E-state index contributed by atoms with van der Waals surface area (Å²) in [5.74, 6) is 1.72.